The van der Waals surface area contributed by atoms with Crippen LogP contribution in [0.4, 0.5) is 0 Å². The van der Waals surface area contributed by atoms with Crippen molar-refractivity contribution in [1.29, 1.82) is 0 Å². The standard InChI is InChI=1S/C11H20N2O2.ClH/c1-8-7-12-5-4-9(8)13-11(14)10-3-2-6-15-10;/h8-10,12H,2-7H2,1H3,(H,13,14);1H. The maximum atomic E-state index is 11.8. The van der Waals surface area contributed by atoms with E-state index in [0.717, 1.165) is 39.0 Å². The highest BCUT2D eigenvalue weighted by Crippen LogP contribution is 2.15. The molecule has 0 aliphatic carbocycles. The zero-order chi connectivity index (χ0) is 10.7. The van der Waals surface area contributed by atoms with Gasteiger partial charge in [0.1, 0.15) is 6.10 Å². The molecule has 2 fully saturated rings. The van der Waals surface area contributed by atoms with Crippen molar-refractivity contribution in [2.45, 2.75) is 38.3 Å². The van der Waals surface area contributed by atoms with Crippen molar-refractivity contribution >= 4 is 18.3 Å². The number of rotatable bonds is 2. The molecule has 1 amide bonds. The van der Waals surface area contributed by atoms with Gasteiger partial charge in [0.05, 0.1) is 0 Å². The van der Waals surface area contributed by atoms with Crippen LogP contribution in [-0.2, 0) is 9.53 Å². The van der Waals surface area contributed by atoms with E-state index in [4.69, 9.17) is 4.74 Å². The number of hydrogen-bond donors (Lipinski definition) is 2. The molecule has 0 bridgehead atoms. The van der Waals surface area contributed by atoms with Gasteiger partial charge in [-0.05, 0) is 38.3 Å². The van der Waals surface area contributed by atoms with Gasteiger partial charge in [-0.15, -0.1) is 12.4 Å². The molecule has 0 radical (unpaired) electrons. The largest absolute Gasteiger partial charge is 0.368 e. The van der Waals surface area contributed by atoms with Gasteiger partial charge in [-0.3, -0.25) is 4.79 Å². The Morgan fingerprint density at radius 2 is 2.25 bits per heavy atom. The summed E-state index contributed by atoms with van der Waals surface area (Å²) in [5, 5.41) is 6.43. The van der Waals surface area contributed by atoms with Gasteiger partial charge in [0.25, 0.3) is 0 Å². The molecule has 2 saturated heterocycles. The minimum Gasteiger partial charge on any atom is -0.368 e. The molecule has 2 rings (SSSR count). The lowest BCUT2D eigenvalue weighted by Gasteiger charge is -2.30. The Bertz CT molecular complexity index is 232. The van der Waals surface area contributed by atoms with E-state index >= 15 is 0 Å². The van der Waals surface area contributed by atoms with Crippen LogP contribution in [0.2, 0.25) is 0 Å². The summed E-state index contributed by atoms with van der Waals surface area (Å²) in [5.74, 6) is 0.607. The Kier molecular flexibility index (Phi) is 5.52. The predicted molar refractivity (Wildman–Crippen MR) is 64.8 cm³/mol. The first-order valence-electron chi connectivity index (χ1n) is 5.90. The van der Waals surface area contributed by atoms with Gasteiger partial charge in [0.15, 0.2) is 0 Å². The zero-order valence-electron chi connectivity index (χ0n) is 9.70. The average molecular weight is 249 g/mol. The van der Waals surface area contributed by atoms with Gasteiger partial charge in [-0.1, -0.05) is 6.92 Å². The number of carbonyl (C=O) groups excluding carboxylic acids is 1. The second-order valence-electron chi connectivity index (χ2n) is 4.59. The monoisotopic (exact) mass is 248 g/mol. The number of ether oxygens (including phenoxy) is 1. The summed E-state index contributed by atoms with van der Waals surface area (Å²) in [6, 6.07) is 0.322. The average Bonchev–Trinajstić information content (AvgIpc) is 2.74. The van der Waals surface area contributed by atoms with Crippen LogP contribution >= 0.6 is 12.4 Å². The van der Waals surface area contributed by atoms with Crippen LogP contribution in [-0.4, -0.2) is 37.7 Å². The lowest BCUT2D eigenvalue weighted by molar-refractivity contribution is -0.131. The highest BCUT2D eigenvalue weighted by molar-refractivity contribution is 5.85. The first-order valence-corrected chi connectivity index (χ1v) is 5.90. The zero-order valence-corrected chi connectivity index (χ0v) is 10.5. The summed E-state index contributed by atoms with van der Waals surface area (Å²) in [5.41, 5.74) is 0. The maximum Gasteiger partial charge on any atom is 0.249 e. The number of hydrogen-bond acceptors (Lipinski definition) is 3. The molecule has 0 saturated carbocycles. The van der Waals surface area contributed by atoms with E-state index in [-0.39, 0.29) is 24.4 Å². The maximum absolute atomic E-state index is 11.8. The molecular weight excluding hydrogens is 228 g/mol. The summed E-state index contributed by atoms with van der Waals surface area (Å²) in [7, 11) is 0. The molecule has 2 heterocycles. The van der Waals surface area contributed by atoms with Crippen LogP contribution in [0, 0.1) is 5.92 Å². The van der Waals surface area contributed by atoms with Crippen molar-refractivity contribution in [2.75, 3.05) is 19.7 Å². The van der Waals surface area contributed by atoms with Crippen LogP contribution in [0.25, 0.3) is 0 Å². The van der Waals surface area contributed by atoms with Gasteiger partial charge in [-0.25, -0.2) is 0 Å². The van der Waals surface area contributed by atoms with Crippen LogP contribution in [0.15, 0.2) is 0 Å². The first-order chi connectivity index (χ1) is 7.27. The number of amides is 1. The minimum atomic E-state index is -0.188. The number of nitrogens with one attached hydrogen (secondary N) is 2. The SMILES string of the molecule is CC1CNCCC1NC(=O)C1CCCO1.Cl. The smallest absolute Gasteiger partial charge is 0.249 e. The van der Waals surface area contributed by atoms with E-state index < -0.39 is 0 Å². The van der Waals surface area contributed by atoms with E-state index in [9.17, 15) is 4.79 Å². The highest BCUT2D eigenvalue weighted by Gasteiger charge is 2.28. The fraction of sp³-hybridized carbons (Fsp3) is 0.909. The molecule has 0 aromatic carbocycles. The fourth-order valence-corrected chi connectivity index (χ4v) is 2.29. The van der Waals surface area contributed by atoms with E-state index in [1.165, 1.54) is 0 Å². The molecule has 0 aromatic heterocycles. The molecule has 3 atom stereocenters. The molecule has 2 N–H and O–H groups in total. The Balaban J connectivity index is 0.00000128. The topological polar surface area (TPSA) is 50.4 Å². The van der Waals surface area contributed by atoms with Gasteiger partial charge in [-0.2, -0.15) is 0 Å². The summed E-state index contributed by atoms with van der Waals surface area (Å²) in [6.07, 6.45) is 2.73. The van der Waals surface area contributed by atoms with E-state index in [0.29, 0.717) is 12.0 Å². The molecule has 0 spiro atoms. The third-order valence-electron chi connectivity index (χ3n) is 3.34. The van der Waals surface area contributed by atoms with Crippen molar-refractivity contribution < 1.29 is 9.53 Å². The quantitative estimate of drug-likeness (QED) is 0.757. The van der Waals surface area contributed by atoms with Crippen LogP contribution in [0.3, 0.4) is 0 Å². The predicted octanol–water partition coefficient (Wildman–Crippen LogP) is 0.701. The van der Waals surface area contributed by atoms with Crippen LogP contribution < -0.4 is 10.6 Å². The van der Waals surface area contributed by atoms with Crippen molar-refractivity contribution in [3.63, 3.8) is 0 Å². The molecular formula is C11H21ClN2O2. The van der Waals surface area contributed by atoms with E-state index in [1.54, 1.807) is 0 Å². The van der Waals surface area contributed by atoms with Crippen LogP contribution in [0.1, 0.15) is 26.2 Å². The van der Waals surface area contributed by atoms with Gasteiger partial charge in [0.2, 0.25) is 5.91 Å². The minimum absolute atomic E-state index is 0. The third-order valence-corrected chi connectivity index (χ3v) is 3.34. The molecule has 5 heteroatoms. The number of piperidine rings is 1. The van der Waals surface area contributed by atoms with E-state index in [2.05, 4.69) is 17.6 Å². The molecule has 0 aromatic rings. The molecule has 3 unspecified atom stereocenters. The second-order valence-corrected chi connectivity index (χ2v) is 4.59. The Hall–Kier alpha value is -0.320. The Morgan fingerprint density at radius 3 is 2.88 bits per heavy atom. The first kappa shape index (κ1) is 13.7. The van der Waals surface area contributed by atoms with Crippen molar-refractivity contribution in [1.82, 2.24) is 10.6 Å². The normalized spacial score (nSPS) is 34.2. The highest BCUT2D eigenvalue weighted by atomic mass is 35.5. The molecule has 4 nitrogen and oxygen atoms in total. The number of carbonyl (C=O) groups is 1. The van der Waals surface area contributed by atoms with Gasteiger partial charge >= 0.3 is 0 Å². The van der Waals surface area contributed by atoms with Gasteiger partial charge < -0.3 is 15.4 Å². The molecule has 2 aliphatic heterocycles. The lowest BCUT2D eigenvalue weighted by Crippen LogP contribution is -2.50. The fourth-order valence-electron chi connectivity index (χ4n) is 2.29. The third kappa shape index (κ3) is 3.34. The van der Waals surface area contributed by atoms with Gasteiger partial charge in [0, 0.05) is 12.6 Å². The van der Waals surface area contributed by atoms with Crippen LogP contribution in [0.5, 0.6) is 0 Å². The second kappa shape index (κ2) is 6.42. The molecule has 16 heavy (non-hydrogen) atoms. The number of halogens is 1. The summed E-state index contributed by atoms with van der Waals surface area (Å²) >= 11 is 0. The molecule has 94 valence electrons. The summed E-state index contributed by atoms with van der Waals surface area (Å²) in [6.45, 7) is 4.91. The lowest BCUT2D eigenvalue weighted by atomic mass is 9.95. The summed E-state index contributed by atoms with van der Waals surface area (Å²) in [4.78, 5) is 11.8. The Labute approximate surface area is 103 Å². The Morgan fingerprint density at radius 1 is 1.44 bits per heavy atom. The van der Waals surface area contributed by atoms with Crippen molar-refractivity contribution in [2.24, 2.45) is 5.92 Å². The molecule has 2 aliphatic rings. The van der Waals surface area contributed by atoms with E-state index in [1.807, 2.05) is 0 Å². The summed E-state index contributed by atoms with van der Waals surface area (Å²) < 4.78 is 5.36. The van der Waals surface area contributed by atoms with Crippen molar-refractivity contribution in [3.8, 4) is 0 Å². The van der Waals surface area contributed by atoms with Crippen molar-refractivity contribution in [3.05, 3.63) is 0 Å².